The molecule has 3 N–H and O–H groups in total. The third-order valence-electron chi connectivity index (χ3n) is 3.14. The third-order valence-corrected chi connectivity index (χ3v) is 4.29. The molecule has 0 radical (unpaired) electrons. The van der Waals surface area contributed by atoms with Crippen LogP contribution >= 0.6 is 11.3 Å². The molecule has 0 saturated heterocycles. The van der Waals surface area contributed by atoms with E-state index >= 15 is 0 Å². The number of carbonyl (C=O) groups excluding carboxylic acids is 1. The summed E-state index contributed by atoms with van der Waals surface area (Å²) in [7, 11) is 0. The van der Waals surface area contributed by atoms with E-state index in [1.54, 1.807) is 0 Å². The highest BCUT2D eigenvalue weighted by Crippen LogP contribution is 2.23. The van der Waals surface area contributed by atoms with Crippen LogP contribution in [-0.2, 0) is 0 Å². The van der Waals surface area contributed by atoms with Crippen molar-refractivity contribution in [1.82, 2.24) is 0 Å². The highest BCUT2D eigenvalue weighted by Gasteiger charge is 2.12. The molecule has 0 bridgehead atoms. The van der Waals surface area contributed by atoms with Gasteiger partial charge in [0.2, 0.25) is 0 Å². The first-order valence-electron chi connectivity index (χ1n) is 6.69. The van der Waals surface area contributed by atoms with Crippen LogP contribution in [0.25, 0.3) is 0 Å². The van der Waals surface area contributed by atoms with Crippen LogP contribution < -0.4 is 11.1 Å². The molecule has 0 aliphatic heterocycles. The van der Waals surface area contributed by atoms with E-state index in [1.165, 1.54) is 11.3 Å². The van der Waals surface area contributed by atoms with Crippen molar-refractivity contribution in [2.45, 2.75) is 20.8 Å². The lowest BCUT2D eigenvalue weighted by molar-refractivity contribution is 0.103. The summed E-state index contributed by atoms with van der Waals surface area (Å²) < 4.78 is 0. The molecule has 0 spiro atoms. The predicted octanol–water partition coefficient (Wildman–Crippen LogP) is 3.24. The molecule has 2 rings (SSSR count). The van der Waals surface area contributed by atoms with E-state index in [-0.39, 0.29) is 5.91 Å². The zero-order valence-corrected chi connectivity index (χ0v) is 13.2. The van der Waals surface area contributed by atoms with Gasteiger partial charge in [0.1, 0.15) is 0 Å². The Hall–Kier alpha value is -2.09. The number of thiophene rings is 1. The van der Waals surface area contributed by atoms with E-state index < -0.39 is 0 Å². The Morgan fingerprint density at radius 1 is 1.29 bits per heavy atom. The zero-order chi connectivity index (χ0) is 15.4. The van der Waals surface area contributed by atoms with Crippen molar-refractivity contribution >= 4 is 22.9 Å². The van der Waals surface area contributed by atoms with Crippen molar-refractivity contribution in [2.24, 2.45) is 5.73 Å². The van der Waals surface area contributed by atoms with Gasteiger partial charge in [-0.05, 0) is 50.1 Å². The minimum Gasteiger partial charge on any atom is -0.320 e. The first kappa shape index (κ1) is 15.3. The van der Waals surface area contributed by atoms with Gasteiger partial charge in [0, 0.05) is 10.4 Å². The normalized spacial score (nSPS) is 9.90. The van der Waals surface area contributed by atoms with Gasteiger partial charge in [-0.15, -0.1) is 11.3 Å². The van der Waals surface area contributed by atoms with Crippen LogP contribution in [0, 0.1) is 32.6 Å². The number of benzene rings is 1. The Labute approximate surface area is 129 Å². The fraction of sp³-hybridized carbons (Fsp3) is 0.235. The minimum atomic E-state index is -0.101. The van der Waals surface area contributed by atoms with Crippen LogP contribution in [0.2, 0.25) is 0 Å². The van der Waals surface area contributed by atoms with E-state index in [9.17, 15) is 4.79 Å². The SMILES string of the molecule is Cc1ccc(NC(=O)c2cc(C)c(C)s2)c(C#CCN)c1. The average Bonchev–Trinajstić information content (AvgIpc) is 2.79. The van der Waals surface area contributed by atoms with Crippen LogP contribution in [0.4, 0.5) is 5.69 Å². The first-order valence-corrected chi connectivity index (χ1v) is 7.51. The number of anilines is 1. The van der Waals surface area contributed by atoms with E-state index in [0.717, 1.165) is 27.3 Å². The van der Waals surface area contributed by atoms with Crippen LogP contribution in [-0.4, -0.2) is 12.5 Å². The zero-order valence-electron chi connectivity index (χ0n) is 12.4. The highest BCUT2D eigenvalue weighted by molar-refractivity contribution is 7.14. The van der Waals surface area contributed by atoms with E-state index in [2.05, 4.69) is 17.2 Å². The molecule has 0 aliphatic rings. The number of amides is 1. The molecule has 0 aliphatic carbocycles. The van der Waals surface area contributed by atoms with Crippen molar-refractivity contribution in [3.8, 4) is 11.8 Å². The van der Waals surface area contributed by atoms with Crippen molar-refractivity contribution < 1.29 is 4.79 Å². The Kier molecular flexibility index (Phi) is 4.79. The monoisotopic (exact) mass is 298 g/mol. The number of nitrogens with two attached hydrogens (primary N) is 1. The molecule has 4 heteroatoms. The summed E-state index contributed by atoms with van der Waals surface area (Å²) in [6.45, 7) is 6.31. The molecule has 2 aromatic rings. The lowest BCUT2D eigenvalue weighted by Gasteiger charge is -2.07. The number of aryl methyl sites for hydroxylation is 3. The molecule has 108 valence electrons. The van der Waals surface area contributed by atoms with Crippen LogP contribution in [0.15, 0.2) is 24.3 Å². The van der Waals surface area contributed by atoms with Gasteiger partial charge in [-0.25, -0.2) is 0 Å². The molecule has 1 aromatic heterocycles. The Morgan fingerprint density at radius 2 is 2.05 bits per heavy atom. The van der Waals surface area contributed by atoms with Crippen LogP contribution in [0.1, 0.15) is 31.2 Å². The Morgan fingerprint density at radius 3 is 2.67 bits per heavy atom. The Balaban J connectivity index is 2.28. The van der Waals surface area contributed by atoms with Crippen molar-refractivity contribution in [3.05, 3.63) is 50.7 Å². The van der Waals surface area contributed by atoms with Crippen LogP contribution in [0.3, 0.4) is 0 Å². The van der Waals surface area contributed by atoms with Gasteiger partial charge in [-0.3, -0.25) is 4.79 Å². The summed E-state index contributed by atoms with van der Waals surface area (Å²) in [5.41, 5.74) is 9.16. The predicted molar refractivity (Wildman–Crippen MR) is 88.9 cm³/mol. The summed E-state index contributed by atoms with van der Waals surface area (Å²) in [5, 5.41) is 2.93. The quantitative estimate of drug-likeness (QED) is 0.836. The maximum atomic E-state index is 12.3. The van der Waals surface area contributed by atoms with E-state index in [1.807, 2.05) is 45.0 Å². The number of hydrogen-bond donors (Lipinski definition) is 2. The third kappa shape index (κ3) is 3.72. The van der Waals surface area contributed by atoms with Crippen molar-refractivity contribution in [1.29, 1.82) is 0 Å². The van der Waals surface area contributed by atoms with Gasteiger partial charge in [-0.2, -0.15) is 0 Å². The molecular weight excluding hydrogens is 280 g/mol. The number of carbonyl (C=O) groups is 1. The van der Waals surface area contributed by atoms with Gasteiger partial charge in [0.15, 0.2) is 0 Å². The minimum absolute atomic E-state index is 0.101. The number of nitrogens with one attached hydrogen (secondary N) is 1. The fourth-order valence-electron chi connectivity index (χ4n) is 1.89. The van der Waals surface area contributed by atoms with E-state index in [4.69, 9.17) is 5.73 Å². The number of rotatable bonds is 2. The lowest BCUT2D eigenvalue weighted by Crippen LogP contribution is -2.11. The molecular formula is C17H18N2OS. The summed E-state index contributed by atoms with van der Waals surface area (Å²) in [4.78, 5) is 14.2. The fourth-order valence-corrected chi connectivity index (χ4v) is 2.81. The Bertz CT molecular complexity index is 715. The van der Waals surface area contributed by atoms with Gasteiger partial charge >= 0.3 is 0 Å². The molecule has 0 atom stereocenters. The average molecular weight is 298 g/mol. The van der Waals surface area contributed by atoms with Crippen LogP contribution in [0.5, 0.6) is 0 Å². The molecule has 0 saturated carbocycles. The van der Waals surface area contributed by atoms with Gasteiger partial charge in [-0.1, -0.05) is 17.9 Å². The lowest BCUT2D eigenvalue weighted by atomic mass is 10.1. The van der Waals surface area contributed by atoms with Crippen molar-refractivity contribution in [3.63, 3.8) is 0 Å². The second-order valence-corrected chi connectivity index (χ2v) is 6.12. The molecule has 0 fully saturated rings. The smallest absolute Gasteiger partial charge is 0.265 e. The first-order chi connectivity index (χ1) is 10.0. The maximum Gasteiger partial charge on any atom is 0.265 e. The summed E-state index contributed by atoms with van der Waals surface area (Å²) in [6.07, 6.45) is 0. The maximum absolute atomic E-state index is 12.3. The summed E-state index contributed by atoms with van der Waals surface area (Å²) in [6, 6.07) is 7.69. The topological polar surface area (TPSA) is 55.1 Å². The molecule has 1 aromatic carbocycles. The standard InChI is InChI=1S/C17H18N2OS/c1-11-6-7-15(14(9-11)5-4-8-18)19-17(20)16-10-12(2)13(3)21-16/h6-7,9-10H,8,18H2,1-3H3,(H,19,20). The molecule has 1 heterocycles. The number of hydrogen-bond acceptors (Lipinski definition) is 3. The summed E-state index contributed by atoms with van der Waals surface area (Å²) in [5.74, 6) is 5.73. The summed E-state index contributed by atoms with van der Waals surface area (Å²) >= 11 is 1.50. The van der Waals surface area contributed by atoms with E-state index in [0.29, 0.717) is 11.4 Å². The highest BCUT2D eigenvalue weighted by atomic mass is 32.1. The second-order valence-electron chi connectivity index (χ2n) is 4.86. The van der Waals surface area contributed by atoms with Gasteiger partial charge in [0.05, 0.1) is 17.1 Å². The second kappa shape index (κ2) is 6.57. The molecule has 21 heavy (non-hydrogen) atoms. The van der Waals surface area contributed by atoms with Gasteiger partial charge in [0.25, 0.3) is 5.91 Å². The van der Waals surface area contributed by atoms with Crippen molar-refractivity contribution in [2.75, 3.05) is 11.9 Å². The molecule has 3 nitrogen and oxygen atoms in total. The van der Waals surface area contributed by atoms with Gasteiger partial charge < -0.3 is 11.1 Å². The molecule has 1 amide bonds. The largest absolute Gasteiger partial charge is 0.320 e. The molecule has 0 unspecified atom stereocenters.